The number of fused-ring (bicyclic) bond motifs is 1. The molecule has 0 fully saturated rings. The standard InChI is InChI=1S/C12H12N2OSSi/c1-17(2,3)5-4-9-8-16-11-6-13-14-10(7-15)12(9)11/h6-8H,1-3H3. The third kappa shape index (κ3) is 2.60. The van der Waals surface area contributed by atoms with E-state index < -0.39 is 8.07 Å². The van der Waals surface area contributed by atoms with E-state index in [4.69, 9.17) is 0 Å². The van der Waals surface area contributed by atoms with Gasteiger partial charge in [-0.2, -0.15) is 5.10 Å². The van der Waals surface area contributed by atoms with E-state index in [0.717, 1.165) is 21.9 Å². The van der Waals surface area contributed by atoms with Crippen molar-refractivity contribution < 1.29 is 4.79 Å². The Hall–Kier alpha value is -1.51. The van der Waals surface area contributed by atoms with E-state index >= 15 is 0 Å². The average molecular weight is 260 g/mol. The Kier molecular flexibility index (Phi) is 3.09. The molecule has 0 bridgehead atoms. The number of hydrogen-bond donors (Lipinski definition) is 0. The van der Waals surface area contributed by atoms with E-state index in [9.17, 15) is 4.79 Å². The number of aldehydes is 1. The number of hydrogen-bond acceptors (Lipinski definition) is 4. The molecule has 0 aromatic carbocycles. The summed E-state index contributed by atoms with van der Waals surface area (Å²) in [5.41, 5.74) is 4.57. The fraction of sp³-hybridized carbons (Fsp3) is 0.250. The van der Waals surface area contributed by atoms with Crippen molar-refractivity contribution in [2.45, 2.75) is 19.6 Å². The summed E-state index contributed by atoms with van der Waals surface area (Å²) in [5.74, 6) is 3.18. The number of thiophene rings is 1. The second-order valence-electron chi connectivity index (χ2n) is 4.74. The van der Waals surface area contributed by atoms with Crippen LogP contribution in [0.25, 0.3) is 10.1 Å². The quantitative estimate of drug-likeness (QED) is 0.450. The second-order valence-corrected chi connectivity index (χ2v) is 10.4. The molecule has 5 heteroatoms. The minimum absolute atomic E-state index is 0.378. The summed E-state index contributed by atoms with van der Waals surface area (Å²) in [6.45, 7) is 6.57. The van der Waals surface area contributed by atoms with Gasteiger partial charge in [0.2, 0.25) is 0 Å². The number of aromatic nitrogens is 2. The zero-order valence-corrected chi connectivity index (χ0v) is 11.8. The molecule has 0 aliphatic heterocycles. The van der Waals surface area contributed by atoms with Crippen LogP contribution in [0, 0.1) is 11.5 Å². The first-order valence-corrected chi connectivity index (χ1v) is 9.60. The fourth-order valence-corrected chi connectivity index (χ4v) is 2.73. The number of carbonyl (C=O) groups excluding carboxylic acids is 1. The molecular weight excluding hydrogens is 248 g/mol. The van der Waals surface area contributed by atoms with Crippen molar-refractivity contribution >= 4 is 35.8 Å². The van der Waals surface area contributed by atoms with E-state index in [2.05, 4.69) is 41.3 Å². The first-order valence-electron chi connectivity index (χ1n) is 5.22. The van der Waals surface area contributed by atoms with Crippen molar-refractivity contribution in [3.63, 3.8) is 0 Å². The lowest BCUT2D eigenvalue weighted by Gasteiger charge is -2.03. The van der Waals surface area contributed by atoms with Crippen LogP contribution in [0.1, 0.15) is 16.1 Å². The summed E-state index contributed by atoms with van der Waals surface area (Å²) in [5, 5.41) is 10.4. The highest BCUT2D eigenvalue weighted by molar-refractivity contribution is 7.17. The zero-order chi connectivity index (χ0) is 12.5. The van der Waals surface area contributed by atoms with Gasteiger partial charge in [0, 0.05) is 16.3 Å². The van der Waals surface area contributed by atoms with Crippen LogP contribution in [0.5, 0.6) is 0 Å². The Morgan fingerprint density at radius 3 is 2.82 bits per heavy atom. The SMILES string of the molecule is C[Si](C)(C)C#Cc1csc2cnnc(C=O)c12. The maximum Gasteiger partial charge on any atom is 0.171 e. The first-order chi connectivity index (χ1) is 8.01. The maximum atomic E-state index is 10.9. The van der Waals surface area contributed by atoms with E-state index in [1.54, 1.807) is 17.5 Å². The normalized spacial score (nSPS) is 11.0. The lowest BCUT2D eigenvalue weighted by molar-refractivity contribution is 0.112. The van der Waals surface area contributed by atoms with E-state index in [1.807, 2.05) is 5.38 Å². The van der Waals surface area contributed by atoms with Crippen LogP contribution >= 0.6 is 11.3 Å². The van der Waals surface area contributed by atoms with E-state index in [0.29, 0.717) is 5.69 Å². The van der Waals surface area contributed by atoms with Gasteiger partial charge in [-0.15, -0.1) is 22.0 Å². The van der Waals surface area contributed by atoms with Gasteiger partial charge in [-0.25, -0.2) is 0 Å². The van der Waals surface area contributed by atoms with E-state index in [-0.39, 0.29) is 0 Å². The highest BCUT2D eigenvalue weighted by atomic mass is 32.1. The van der Waals surface area contributed by atoms with Gasteiger partial charge in [0.25, 0.3) is 0 Å². The van der Waals surface area contributed by atoms with Crippen molar-refractivity contribution in [3.05, 3.63) is 22.8 Å². The molecule has 0 unspecified atom stereocenters. The van der Waals surface area contributed by atoms with Crippen LogP contribution in [0.3, 0.4) is 0 Å². The van der Waals surface area contributed by atoms with Crippen molar-refractivity contribution in [2.75, 3.05) is 0 Å². The molecule has 2 rings (SSSR count). The minimum atomic E-state index is -1.41. The largest absolute Gasteiger partial charge is 0.296 e. The van der Waals surface area contributed by atoms with Gasteiger partial charge in [-0.1, -0.05) is 25.6 Å². The van der Waals surface area contributed by atoms with E-state index in [1.165, 1.54) is 0 Å². The smallest absolute Gasteiger partial charge is 0.171 e. The van der Waals surface area contributed by atoms with Crippen molar-refractivity contribution in [2.24, 2.45) is 0 Å². The molecule has 0 amide bonds. The van der Waals surface area contributed by atoms with Crippen LogP contribution in [-0.4, -0.2) is 24.6 Å². The van der Waals surface area contributed by atoms with Crippen LogP contribution < -0.4 is 0 Å². The second kappa shape index (κ2) is 4.39. The topological polar surface area (TPSA) is 42.9 Å². The number of rotatable bonds is 1. The number of nitrogens with zero attached hydrogens (tertiary/aromatic N) is 2. The summed E-state index contributed by atoms with van der Waals surface area (Å²) in [6, 6.07) is 0. The lowest BCUT2D eigenvalue weighted by Crippen LogP contribution is -2.16. The predicted molar refractivity (Wildman–Crippen MR) is 73.0 cm³/mol. The Bertz CT molecular complexity index is 631. The molecule has 0 radical (unpaired) electrons. The molecule has 17 heavy (non-hydrogen) atoms. The zero-order valence-electron chi connectivity index (χ0n) is 9.94. The Morgan fingerprint density at radius 2 is 2.18 bits per heavy atom. The lowest BCUT2D eigenvalue weighted by atomic mass is 10.2. The van der Waals surface area contributed by atoms with Crippen LogP contribution in [0.15, 0.2) is 11.6 Å². The summed E-state index contributed by atoms with van der Waals surface area (Å²) < 4.78 is 0.960. The number of carbonyl (C=O) groups is 1. The van der Waals surface area contributed by atoms with Gasteiger partial charge < -0.3 is 0 Å². The molecule has 0 saturated heterocycles. The molecule has 2 heterocycles. The first kappa shape index (κ1) is 12.0. The molecular formula is C12H12N2OSSi. The summed E-state index contributed by atoms with van der Waals surface area (Å²) in [6.07, 6.45) is 2.41. The molecule has 0 atom stereocenters. The van der Waals surface area contributed by atoms with Gasteiger partial charge in [0.05, 0.1) is 10.9 Å². The molecule has 0 N–H and O–H groups in total. The minimum Gasteiger partial charge on any atom is -0.296 e. The van der Waals surface area contributed by atoms with Gasteiger partial charge in [-0.3, -0.25) is 4.79 Å². The van der Waals surface area contributed by atoms with Gasteiger partial charge in [0.15, 0.2) is 6.29 Å². The van der Waals surface area contributed by atoms with Crippen molar-refractivity contribution in [1.82, 2.24) is 10.2 Å². The van der Waals surface area contributed by atoms with Crippen molar-refractivity contribution in [3.8, 4) is 11.5 Å². The third-order valence-electron chi connectivity index (χ3n) is 2.10. The summed E-state index contributed by atoms with van der Waals surface area (Å²) >= 11 is 1.55. The van der Waals surface area contributed by atoms with Crippen LogP contribution in [0.4, 0.5) is 0 Å². The summed E-state index contributed by atoms with van der Waals surface area (Å²) in [4.78, 5) is 10.9. The van der Waals surface area contributed by atoms with Crippen LogP contribution in [-0.2, 0) is 0 Å². The molecule has 0 saturated carbocycles. The highest BCUT2D eigenvalue weighted by Gasteiger charge is 2.11. The molecule has 0 spiro atoms. The molecule has 3 nitrogen and oxygen atoms in total. The Labute approximate surface area is 105 Å². The molecule has 86 valence electrons. The predicted octanol–water partition coefficient (Wildman–Crippen LogP) is 2.73. The van der Waals surface area contributed by atoms with Crippen molar-refractivity contribution in [1.29, 1.82) is 0 Å². The molecule has 2 aromatic heterocycles. The molecule has 2 aromatic rings. The van der Waals surface area contributed by atoms with Gasteiger partial charge >= 0.3 is 0 Å². The van der Waals surface area contributed by atoms with Crippen LogP contribution in [0.2, 0.25) is 19.6 Å². The Morgan fingerprint density at radius 1 is 1.41 bits per heavy atom. The highest BCUT2D eigenvalue weighted by Crippen LogP contribution is 2.25. The third-order valence-corrected chi connectivity index (χ3v) is 3.89. The maximum absolute atomic E-state index is 10.9. The summed E-state index contributed by atoms with van der Waals surface area (Å²) in [7, 11) is -1.41. The van der Waals surface area contributed by atoms with Gasteiger partial charge in [0.1, 0.15) is 13.8 Å². The average Bonchev–Trinajstić information content (AvgIpc) is 2.68. The molecule has 0 aliphatic rings. The Balaban J connectivity index is 2.62. The van der Waals surface area contributed by atoms with Gasteiger partial charge in [-0.05, 0) is 0 Å². The fourth-order valence-electron chi connectivity index (χ4n) is 1.35. The monoisotopic (exact) mass is 260 g/mol. The molecule has 0 aliphatic carbocycles.